The molecule has 0 aliphatic carbocycles. The van der Waals surface area contributed by atoms with Crippen molar-refractivity contribution in [3.8, 4) is 0 Å². The summed E-state index contributed by atoms with van der Waals surface area (Å²) >= 11 is 0. The first kappa shape index (κ1) is 49.9. The molecule has 1 atom stereocenters. The molecule has 0 spiro atoms. The molecule has 0 heterocycles. The second kappa shape index (κ2) is 21.2. The summed E-state index contributed by atoms with van der Waals surface area (Å²) in [6.45, 7) is 1.37. The van der Waals surface area contributed by atoms with Crippen molar-refractivity contribution in [2.75, 3.05) is 5.75 Å². The van der Waals surface area contributed by atoms with E-state index in [1.165, 1.54) is 6.92 Å². The van der Waals surface area contributed by atoms with Crippen molar-refractivity contribution < 1.29 is 125 Å². The van der Waals surface area contributed by atoms with Crippen LogP contribution in [0.3, 0.4) is 0 Å². The fraction of sp³-hybridized carbons (Fsp3) is 1.00. The van der Waals surface area contributed by atoms with Gasteiger partial charge in [0.1, 0.15) is 0 Å². The van der Waals surface area contributed by atoms with Gasteiger partial charge in [-0.25, -0.2) is 18.3 Å². The molecule has 0 aromatic heterocycles. The van der Waals surface area contributed by atoms with Crippen LogP contribution in [0.25, 0.3) is 0 Å². The summed E-state index contributed by atoms with van der Waals surface area (Å²) < 4.78 is 122. The molecule has 10 N–H and O–H groups in total. The first-order valence-electron chi connectivity index (χ1n) is 5.25. The molecular formula is C2H15F5LiO18P5S. The van der Waals surface area contributed by atoms with Gasteiger partial charge in [0.05, 0.1) is 5.75 Å². The van der Waals surface area contributed by atoms with Crippen molar-refractivity contribution in [3.05, 3.63) is 0 Å². The maximum Gasteiger partial charge on any atom is 1.00 e. The Morgan fingerprint density at radius 2 is 0.656 bits per heavy atom. The summed E-state index contributed by atoms with van der Waals surface area (Å²) in [6, 6.07) is 0. The Morgan fingerprint density at radius 1 is 0.625 bits per heavy atom. The zero-order chi connectivity index (χ0) is 27.7. The Balaban J connectivity index is -0.0000000467. The predicted molar refractivity (Wildman–Crippen MR) is 85.6 cm³/mol. The summed E-state index contributed by atoms with van der Waals surface area (Å²) in [7, 11) is -29.6. The minimum atomic E-state index is -5.39. The van der Waals surface area contributed by atoms with Gasteiger partial charge in [-0.2, -0.15) is 12.6 Å². The van der Waals surface area contributed by atoms with Gasteiger partial charge in [0.15, 0.2) is 0 Å². The number of rotatable bonds is 1. The Bertz CT molecular complexity index is 614. The molecule has 0 saturated heterocycles. The normalized spacial score (nSPS) is 12.9. The zero-order valence-corrected chi connectivity index (χ0v) is 20.3. The standard InChI is InChI=1S/C2H6O3S.5FH2O3P.Li/c1-2-6(3,4)5;5*1-5(2,3)4;/h2H2,1H3,(H,3,4,5);5*(H2,2,3,4);/q;;;;;;+1/p-1. The minimum Gasteiger partial charge on any atom is -0.753 e. The van der Waals surface area contributed by atoms with Crippen LogP contribution < -0.4 is 23.8 Å². The third kappa shape index (κ3) is 1810. The summed E-state index contributed by atoms with van der Waals surface area (Å²) in [5.74, 6) is -0.201. The first-order valence-corrected chi connectivity index (χ1v) is 14.3. The molecular weight excluding hydrogens is 601 g/mol. The fourth-order valence-corrected chi connectivity index (χ4v) is 0. The van der Waals surface area contributed by atoms with Crippen LogP contribution in [0.4, 0.5) is 21.0 Å². The molecule has 0 fully saturated rings. The molecule has 198 valence electrons. The smallest absolute Gasteiger partial charge is 0.753 e. The van der Waals surface area contributed by atoms with E-state index < -0.39 is 49.7 Å². The van der Waals surface area contributed by atoms with E-state index in [2.05, 4.69) is 0 Å². The maximum absolute atomic E-state index is 10.4. The summed E-state index contributed by atoms with van der Waals surface area (Å²) in [4.78, 5) is 71.1. The molecule has 0 radical (unpaired) electrons. The van der Waals surface area contributed by atoms with Gasteiger partial charge >= 0.3 is 58.4 Å². The molecule has 0 bridgehead atoms. The fourth-order valence-electron chi connectivity index (χ4n) is 0. The van der Waals surface area contributed by atoms with Crippen molar-refractivity contribution in [2.24, 2.45) is 0 Å². The predicted octanol–water partition coefficient (Wildman–Crippen LogP) is -3.49. The molecule has 0 amide bonds. The second-order valence-corrected chi connectivity index (χ2v) is 9.64. The Hall–Kier alpha value is 0.907. The van der Waals surface area contributed by atoms with Crippen LogP contribution in [0.15, 0.2) is 0 Å². The molecule has 30 heteroatoms. The van der Waals surface area contributed by atoms with Crippen molar-refractivity contribution in [1.82, 2.24) is 0 Å². The van der Waals surface area contributed by atoms with Crippen molar-refractivity contribution in [1.29, 1.82) is 0 Å². The molecule has 18 nitrogen and oxygen atoms in total. The van der Waals surface area contributed by atoms with Gasteiger partial charge < -0.3 is 9.79 Å². The van der Waals surface area contributed by atoms with Gasteiger partial charge in [-0.1, -0.05) is 0 Å². The molecule has 32 heavy (non-hydrogen) atoms. The van der Waals surface area contributed by atoms with Gasteiger partial charge in [-0.3, -0.25) is 48.3 Å². The van der Waals surface area contributed by atoms with Crippen molar-refractivity contribution in [2.45, 2.75) is 6.92 Å². The zero-order valence-electron chi connectivity index (χ0n) is 15.0. The molecule has 0 saturated carbocycles. The number of hydrogen-bond acceptors (Lipinski definition) is 8. The summed E-state index contributed by atoms with van der Waals surface area (Å²) in [6.07, 6.45) is 0. The average molecular weight is 616 g/mol. The SMILES string of the molecule is CCS(=O)(=O)O.O=P(O)(O)F.O=P(O)(O)F.O=P(O)(O)F.O=P(O)(O)F.O=P([O-])(O)F.[Li+]. The van der Waals surface area contributed by atoms with E-state index in [0.29, 0.717) is 0 Å². The van der Waals surface area contributed by atoms with E-state index in [0.717, 1.165) is 0 Å². The summed E-state index contributed by atoms with van der Waals surface area (Å²) in [5, 5.41) is 0. The number of hydrogen-bond donors (Lipinski definition) is 10. The largest absolute Gasteiger partial charge is 1.00 e. The third-order valence-electron chi connectivity index (χ3n) is 0.365. The van der Waals surface area contributed by atoms with E-state index in [1.807, 2.05) is 0 Å². The van der Waals surface area contributed by atoms with Crippen molar-refractivity contribution >= 4 is 49.7 Å². The third-order valence-corrected chi connectivity index (χ3v) is 1.09. The van der Waals surface area contributed by atoms with Crippen LogP contribution in [0.5, 0.6) is 0 Å². The second-order valence-electron chi connectivity index (χ2n) is 3.21. The van der Waals surface area contributed by atoms with Crippen LogP contribution in [-0.4, -0.2) is 62.8 Å². The van der Waals surface area contributed by atoms with Gasteiger partial charge in [-0.15, -0.1) is 16.8 Å². The molecule has 0 aromatic carbocycles. The van der Waals surface area contributed by atoms with E-state index in [-0.39, 0.29) is 24.6 Å². The topological polar surface area (TPSA) is 345 Å². The quantitative estimate of drug-likeness (QED) is 0.0591. The van der Waals surface area contributed by atoms with Crippen LogP contribution in [0, 0.1) is 0 Å². The molecule has 0 rings (SSSR count). The van der Waals surface area contributed by atoms with Gasteiger partial charge in [0.25, 0.3) is 10.1 Å². The van der Waals surface area contributed by atoms with E-state index in [9.17, 15) is 29.4 Å². The molecule has 1 unspecified atom stereocenters. The Morgan fingerprint density at radius 3 is 0.656 bits per heavy atom. The van der Waals surface area contributed by atoms with Crippen LogP contribution in [0.2, 0.25) is 0 Å². The average Bonchev–Trinajstić information content (AvgIpc) is 2.14. The van der Waals surface area contributed by atoms with E-state index in [4.69, 9.17) is 76.3 Å². The van der Waals surface area contributed by atoms with Crippen LogP contribution in [-0.2, 0) is 32.9 Å². The Labute approximate surface area is 187 Å². The maximum atomic E-state index is 10.4. The summed E-state index contributed by atoms with van der Waals surface area (Å²) in [5.41, 5.74) is 0. The monoisotopic (exact) mass is 616 g/mol. The van der Waals surface area contributed by atoms with Gasteiger partial charge in [0.2, 0.25) is 0 Å². The van der Waals surface area contributed by atoms with Crippen LogP contribution >= 0.6 is 39.5 Å². The van der Waals surface area contributed by atoms with E-state index >= 15 is 0 Å². The van der Waals surface area contributed by atoms with Gasteiger partial charge in [0, 0.05) is 0 Å². The van der Waals surface area contributed by atoms with Crippen LogP contribution in [0.1, 0.15) is 6.92 Å². The van der Waals surface area contributed by atoms with Gasteiger partial charge in [-0.05, 0) is 6.92 Å². The minimum absolute atomic E-state index is 0. The van der Waals surface area contributed by atoms with Crippen molar-refractivity contribution in [3.63, 3.8) is 0 Å². The number of halogens is 5. The van der Waals surface area contributed by atoms with E-state index in [1.54, 1.807) is 0 Å². The Kier molecular flexibility index (Phi) is 33.1. The first-order chi connectivity index (χ1) is 12.6. The molecule has 0 aliphatic rings. The molecule has 0 aliphatic heterocycles. The molecule has 0 aromatic rings.